The monoisotopic (exact) mass is 1290 g/mol. The lowest BCUT2D eigenvalue weighted by molar-refractivity contribution is -0.551. The number of hydrogen-bond acceptors (Lipinski definition) is 15. The number of allylic oxidation sites excluding steroid dienone is 2. The number of unbranched alkanes of at least 4 members (excludes halogenated alkanes) is 18. The SMILES string of the molecule is CCCCCCCC/C=C\CCCCCCCCNC(=O)O[C@@H]1CC[C@@]2(C)C(CCC3C2CC[C@@]2(C)C3CC[C@@H]2[C@H](C)CCC(=O)NCCCCCC(=O)CCCCOCCOCCCCCC[N+](=O)CCOCCOCCO[C@H]2OC(CO)[C@@H](O)[C@H](O)C2O)C1. The molecule has 6 N–H and O–H groups in total. The molecule has 2 amide bonds. The van der Waals surface area contributed by atoms with Crippen molar-refractivity contribution in [2.75, 3.05) is 92.2 Å². The molecule has 0 radical (unpaired) electrons. The molecule has 5 aliphatic rings. The van der Waals surface area contributed by atoms with E-state index >= 15 is 0 Å². The number of aliphatic hydroxyl groups is 4. The number of nitrogens with one attached hydrogen (secondary N) is 2. The van der Waals surface area contributed by atoms with E-state index in [1.165, 1.54) is 128 Å². The van der Waals surface area contributed by atoms with Crippen LogP contribution in [0.25, 0.3) is 0 Å². The molecule has 4 aliphatic carbocycles. The summed E-state index contributed by atoms with van der Waals surface area (Å²) in [6.07, 6.45) is 37.8. The van der Waals surface area contributed by atoms with Crippen LogP contribution in [0.5, 0.6) is 0 Å². The van der Waals surface area contributed by atoms with Crippen LogP contribution in [0.2, 0.25) is 0 Å². The summed E-state index contributed by atoms with van der Waals surface area (Å²) in [4.78, 5) is 50.6. The Morgan fingerprint density at radius 2 is 1.15 bits per heavy atom. The van der Waals surface area contributed by atoms with Gasteiger partial charge in [0.25, 0.3) is 0 Å². The highest BCUT2D eigenvalue weighted by Gasteiger charge is 2.61. The second kappa shape index (κ2) is 46.5. The molecule has 0 bridgehead atoms. The highest BCUT2D eigenvalue weighted by atomic mass is 16.7. The van der Waals surface area contributed by atoms with Gasteiger partial charge in [-0.2, -0.15) is 0 Å². The number of ketones is 1. The smallest absolute Gasteiger partial charge is 0.407 e. The van der Waals surface area contributed by atoms with Gasteiger partial charge in [-0.1, -0.05) is 110 Å². The van der Waals surface area contributed by atoms with Gasteiger partial charge in [0.2, 0.25) is 12.5 Å². The van der Waals surface area contributed by atoms with Crippen LogP contribution in [0.15, 0.2) is 12.2 Å². The van der Waals surface area contributed by atoms with Gasteiger partial charge in [0.05, 0.1) is 46.2 Å². The first-order valence-electron chi connectivity index (χ1n) is 37.2. The van der Waals surface area contributed by atoms with E-state index in [4.69, 9.17) is 33.2 Å². The zero-order chi connectivity index (χ0) is 65.4. The van der Waals surface area contributed by atoms with Gasteiger partial charge in [-0.05, 0) is 181 Å². The third-order valence-electron chi connectivity index (χ3n) is 21.9. The van der Waals surface area contributed by atoms with Crippen molar-refractivity contribution in [3.8, 4) is 0 Å². The van der Waals surface area contributed by atoms with Crippen LogP contribution in [-0.4, -0.2) is 172 Å². The van der Waals surface area contributed by atoms with E-state index in [-0.39, 0.29) is 44.5 Å². The minimum absolute atomic E-state index is 0.0424. The average Bonchev–Trinajstić information content (AvgIpc) is 1.69. The van der Waals surface area contributed by atoms with E-state index in [1.807, 2.05) is 0 Å². The summed E-state index contributed by atoms with van der Waals surface area (Å²) < 4.78 is 40.1. The van der Waals surface area contributed by atoms with Crippen molar-refractivity contribution in [1.82, 2.24) is 10.6 Å². The van der Waals surface area contributed by atoms with Gasteiger partial charge in [0, 0.05) is 61.7 Å². The molecule has 5 rings (SSSR count). The molecule has 4 saturated carbocycles. The standard InChI is InChI=1S/C73H131N3O15/c1-5-6-7-8-9-10-11-12-13-14-15-16-17-18-19-25-43-75-71(83)90-60-38-40-72(3)58(55-60)33-34-61-63-36-35-62(73(63,4)41-39-64(61)72)57(2)32-37-66(79)74-42-26-22-23-30-59(78)31-24-29-47-86-50-49-85-46-28-21-20-27-44-76(84)45-48-87-51-52-88-53-54-89-70-69(82)68(81)67(80)65(56-77)91-70/h12-13,57-58,60-65,67-70,77,80-82H,5-11,14-56H2,1-4H3,(H-,74,75,79,83)/p+1/b13-12-/t57-,58?,60-,61?,62-,63?,64?,65?,67-,68+,69?,70+,72+,73-/m1/s1. The molecule has 5 fully saturated rings. The molecular weight excluding hydrogens is 1160 g/mol. The second-order valence-corrected chi connectivity index (χ2v) is 28.6. The number of nitroso groups, excluding NO2 is 1. The van der Waals surface area contributed by atoms with Crippen LogP contribution in [-0.2, 0) is 42.7 Å². The highest BCUT2D eigenvalue weighted by Crippen LogP contribution is 2.68. The van der Waals surface area contributed by atoms with Crippen LogP contribution in [0.1, 0.15) is 259 Å². The van der Waals surface area contributed by atoms with Gasteiger partial charge in [0.15, 0.2) is 12.8 Å². The molecule has 91 heavy (non-hydrogen) atoms. The molecule has 0 aromatic carbocycles. The van der Waals surface area contributed by atoms with Crippen molar-refractivity contribution in [1.29, 1.82) is 0 Å². The Hall–Kier alpha value is -2.65. The summed E-state index contributed by atoms with van der Waals surface area (Å²) in [5.74, 6) is 4.66. The van der Waals surface area contributed by atoms with Crippen molar-refractivity contribution in [2.45, 2.75) is 296 Å². The summed E-state index contributed by atoms with van der Waals surface area (Å²) in [6, 6.07) is 0. The minimum Gasteiger partial charge on any atom is -0.446 e. The van der Waals surface area contributed by atoms with E-state index in [0.717, 1.165) is 106 Å². The largest absolute Gasteiger partial charge is 0.446 e. The maximum Gasteiger partial charge on any atom is 0.407 e. The Morgan fingerprint density at radius 3 is 1.86 bits per heavy atom. The molecule has 6 unspecified atom stereocenters. The number of carbonyl (C=O) groups is 3. The quantitative estimate of drug-likeness (QED) is 0.0189. The van der Waals surface area contributed by atoms with Crippen molar-refractivity contribution < 1.29 is 72.7 Å². The Labute approximate surface area is 550 Å². The zero-order valence-electron chi connectivity index (χ0n) is 57.7. The predicted molar refractivity (Wildman–Crippen MR) is 356 cm³/mol. The van der Waals surface area contributed by atoms with Gasteiger partial charge in [-0.25, -0.2) is 4.79 Å². The van der Waals surface area contributed by atoms with Gasteiger partial charge < -0.3 is 64.2 Å². The van der Waals surface area contributed by atoms with E-state index in [1.54, 1.807) is 0 Å². The summed E-state index contributed by atoms with van der Waals surface area (Å²) in [5, 5.41) is 45.2. The lowest BCUT2D eigenvalue weighted by Crippen LogP contribution is -2.59. The van der Waals surface area contributed by atoms with Crippen molar-refractivity contribution in [3.05, 3.63) is 17.1 Å². The number of Topliss-reactive ketones (excluding diaryl/α,β-unsaturated/α-hetero) is 1. The molecule has 1 saturated heterocycles. The summed E-state index contributed by atoms with van der Waals surface area (Å²) in [5.41, 5.74) is 0.697. The Balaban J connectivity index is 0.762. The number of alkyl carbamates (subject to hydrolysis) is 1. The molecule has 528 valence electrons. The Kier molecular flexibility index (Phi) is 40.4. The average molecular weight is 1290 g/mol. The number of ether oxygens (including phenoxy) is 7. The fraction of sp³-hybridized carbons (Fsp3) is 0.932. The number of fused-ring (bicyclic) bond motifs is 5. The molecule has 1 heterocycles. The minimum atomic E-state index is -1.49. The number of amides is 2. The fourth-order valence-corrected chi connectivity index (χ4v) is 16.4. The molecule has 18 nitrogen and oxygen atoms in total. The van der Waals surface area contributed by atoms with Gasteiger partial charge in [0.1, 0.15) is 42.9 Å². The highest BCUT2D eigenvalue weighted by molar-refractivity contribution is 5.78. The first kappa shape index (κ1) is 79.0. The molecule has 14 atom stereocenters. The fourth-order valence-electron chi connectivity index (χ4n) is 16.4. The molecule has 0 spiro atoms. The normalized spacial score (nSPS) is 28.3. The summed E-state index contributed by atoms with van der Waals surface area (Å²) in [6.45, 7) is 15.0. The maximum absolute atomic E-state index is 13.0. The third-order valence-corrected chi connectivity index (χ3v) is 21.9. The molecule has 18 heteroatoms. The van der Waals surface area contributed by atoms with Crippen molar-refractivity contribution in [3.63, 3.8) is 0 Å². The lowest BCUT2D eigenvalue weighted by Gasteiger charge is -2.61. The van der Waals surface area contributed by atoms with Crippen LogP contribution in [0.3, 0.4) is 0 Å². The zero-order valence-corrected chi connectivity index (χ0v) is 57.7. The number of aliphatic hydroxyl groups excluding tert-OH is 4. The summed E-state index contributed by atoms with van der Waals surface area (Å²) in [7, 11) is 0. The van der Waals surface area contributed by atoms with Crippen LogP contribution in [0, 0.1) is 51.2 Å². The Morgan fingerprint density at radius 1 is 0.582 bits per heavy atom. The number of rotatable bonds is 53. The van der Waals surface area contributed by atoms with Gasteiger partial charge >= 0.3 is 6.09 Å². The summed E-state index contributed by atoms with van der Waals surface area (Å²) >= 11 is 0. The van der Waals surface area contributed by atoms with E-state index in [0.29, 0.717) is 113 Å². The number of hydrogen-bond donors (Lipinski definition) is 6. The molecular formula is C73H132N3O15+. The predicted octanol–water partition coefficient (Wildman–Crippen LogP) is 12.8. The van der Waals surface area contributed by atoms with Crippen molar-refractivity contribution in [2.24, 2.45) is 46.3 Å². The van der Waals surface area contributed by atoms with Gasteiger partial charge in [-0.3, -0.25) is 9.59 Å². The first-order chi connectivity index (χ1) is 44.2. The Bertz CT molecular complexity index is 1980. The van der Waals surface area contributed by atoms with Crippen molar-refractivity contribution >= 4 is 17.8 Å². The number of nitrogens with zero attached hydrogens (tertiary/aromatic N) is 1. The van der Waals surface area contributed by atoms with E-state index in [9.17, 15) is 39.7 Å². The third kappa shape index (κ3) is 29.3. The van der Waals surface area contributed by atoms with Gasteiger partial charge in [-0.15, -0.1) is 0 Å². The molecule has 1 aliphatic heterocycles. The lowest BCUT2D eigenvalue weighted by atomic mass is 9.44. The van der Waals surface area contributed by atoms with Crippen LogP contribution in [0.4, 0.5) is 4.79 Å². The van der Waals surface area contributed by atoms with Crippen LogP contribution < -0.4 is 10.6 Å². The molecule has 0 aromatic rings. The number of carbonyl (C=O) groups excluding carboxylic acids is 3. The first-order valence-corrected chi connectivity index (χ1v) is 37.2. The van der Waals surface area contributed by atoms with E-state index < -0.39 is 37.3 Å². The molecule has 0 aromatic heterocycles. The maximum atomic E-state index is 13.0. The second-order valence-electron chi connectivity index (χ2n) is 28.6. The topological polar surface area (TPSA) is 241 Å². The van der Waals surface area contributed by atoms with E-state index in [2.05, 4.69) is 50.5 Å². The van der Waals surface area contributed by atoms with Crippen LogP contribution >= 0.6 is 0 Å².